The number of hydrogen-bond donors (Lipinski definition) is 2. The average Bonchev–Trinajstić information content (AvgIpc) is 2.58. The average molecular weight is 304 g/mol. The Kier molecular flexibility index (Phi) is 6.22. The molecule has 1 aliphatic carbocycles. The maximum Gasteiger partial charge on any atom is 0.256 e. The summed E-state index contributed by atoms with van der Waals surface area (Å²) in [4.78, 5) is 18.1. The van der Waals surface area contributed by atoms with E-state index in [1.807, 2.05) is 0 Å². The van der Waals surface area contributed by atoms with E-state index in [4.69, 9.17) is 11.3 Å². The smallest absolute Gasteiger partial charge is 0.256 e. The number of anilines is 3. The van der Waals surface area contributed by atoms with Gasteiger partial charge >= 0.3 is 0 Å². The first-order valence-corrected chi connectivity index (χ1v) is 7.68. The fourth-order valence-electron chi connectivity index (χ4n) is 2.50. The normalized spacial score (nSPS) is 15.1. The van der Waals surface area contributed by atoms with Gasteiger partial charge in [0, 0.05) is 13.6 Å². The molecule has 22 heavy (non-hydrogen) atoms. The molecule has 1 heterocycles. The molecule has 7 nitrogen and oxygen atoms in total. The fraction of sp³-hybridized carbons (Fsp3) is 0.667. The van der Waals surface area contributed by atoms with Crippen LogP contribution in [0.25, 0.3) is 0 Å². The Morgan fingerprint density at radius 2 is 1.86 bits per heavy atom. The van der Waals surface area contributed by atoms with Crippen LogP contribution in [0.5, 0.6) is 0 Å². The van der Waals surface area contributed by atoms with Crippen LogP contribution in [-0.2, 0) is 4.84 Å². The second-order valence-electron chi connectivity index (χ2n) is 5.41. The summed E-state index contributed by atoms with van der Waals surface area (Å²) in [6.45, 7) is 1.25. The third kappa shape index (κ3) is 4.74. The molecule has 0 saturated heterocycles. The number of nitrogens with one attached hydrogen (secondary N) is 2. The summed E-state index contributed by atoms with van der Waals surface area (Å²) in [6.07, 6.45) is 11.8. The lowest BCUT2D eigenvalue weighted by atomic mass is 9.89. The highest BCUT2D eigenvalue weighted by Gasteiger charge is 2.15. The van der Waals surface area contributed by atoms with Crippen LogP contribution in [0.3, 0.4) is 0 Å². The van der Waals surface area contributed by atoms with Gasteiger partial charge in [-0.15, -0.1) is 6.42 Å². The van der Waals surface area contributed by atoms with Crippen molar-refractivity contribution in [2.24, 2.45) is 5.92 Å². The molecule has 0 spiro atoms. The predicted octanol–water partition coefficient (Wildman–Crippen LogP) is 1.91. The van der Waals surface area contributed by atoms with Crippen molar-refractivity contribution in [2.45, 2.75) is 32.1 Å². The maximum absolute atomic E-state index is 5.26. The van der Waals surface area contributed by atoms with Gasteiger partial charge in [0.25, 0.3) is 5.95 Å². The molecule has 1 fully saturated rings. The largest absolute Gasteiger partial charge is 0.354 e. The monoisotopic (exact) mass is 304 g/mol. The molecule has 0 amide bonds. The number of nitrogens with zero attached hydrogens (tertiary/aromatic N) is 4. The highest BCUT2D eigenvalue weighted by Crippen LogP contribution is 2.23. The lowest BCUT2D eigenvalue weighted by Gasteiger charge is -2.22. The zero-order valence-corrected chi connectivity index (χ0v) is 13.3. The van der Waals surface area contributed by atoms with Crippen molar-refractivity contribution in [3.8, 4) is 12.3 Å². The first-order chi connectivity index (χ1) is 10.7. The summed E-state index contributed by atoms with van der Waals surface area (Å²) >= 11 is 0. The minimum Gasteiger partial charge on any atom is -0.354 e. The Hall–Kier alpha value is -2.07. The summed E-state index contributed by atoms with van der Waals surface area (Å²) in [7, 11) is 3.30. The molecule has 0 aromatic carbocycles. The lowest BCUT2D eigenvalue weighted by Crippen LogP contribution is -2.22. The Morgan fingerprint density at radius 3 is 2.50 bits per heavy atom. The first-order valence-electron chi connectivity index (χ1n) is 7.68. The van der Waals surface area contributed by atoms with E-state index in [0.717, 1.165) is 6.54 Å². The Bertz CT molecular complexity index is 509. The molecular formula is C15H24N6O. The Balaban J connectivity index is 2.05. The van der Waals surface area contributed by atoms with Crippen molar-refractivity contribution in [2.75, 3.05) is 42.9 Å². The number of terminal acetylenes is 1. The zero-order chi connectivity index (χ0) is 15.8. The SMILES string of the molecule is C#CCNc1nc(NCC2CCCCC2)nc(N(C)OC)n1. The summed E-state index contributed by atoms with van der Waals surface area (Å²) < 4.78 is 0. The first kappa shape index (κ1) is 16.3. The van der Waals surface area contributed by atoms with Gasteiger partial charge in [-0.05, 0) is 18.8 Å². The van der Waals surface area contributed by atoms with Crippen LogP contribution in [0.1, 0.15) is 32.1 Å². The molecule has 2 N–H and O–H groups in total. The van der Waals surface area contributed by atoms with E-state index in [-0.39, 0.29) is 0 Å². The van der Waals surface area contributed by atoms with Crippen molar-refractivity contribution in [3.05, 3.63) is 0 Å². The van der Waals surface area contributed by atoms with Gasteiger partial charge in [-0.2, -0.15) is 15.0 Å². The van der Waals surface area contributed by atoms with Crippen LogP contribution in [0, 0.1) is 18.3 Å². The van der Waals surface area contributed by atoms with E-state index in [0.29, 0.717) is 30.3 Å². The third-order valence-corrected chi connectivity index (χ3v) is 3.80. The summed E-state index contributed by atoms with van der Waals surface area (Å²) in [5, 5.41) is 7.77. The molecule has 0 radical (unpaired) electrons. The number of aromatic nitrogens is 3. The third-order valence-electron chi connectivity index (χ3n) is 3.80. The molecule has 1 saturated carbocycles. The second kappa shape index (κ2) is 8.39. The minimum absolute atomic E-state index is 0.363. The standard InChI is InChI=1S/C15H24N6O/c1-4-10-16-13-18-14(20-15(19-13)21(2)22-3)17-11-12-8-6-5-7-9-12/h1,12H,5-11H2,2-3H3,(H2,16,17,18,19,20). The van der Waals surface area contributed by atoms with E-state index < -0.39 is 0 Å². The van der Waals surface area contributed by atoms with Crippen molar-refractivity contribution in [1.82, 2.24) is 15.0 Å². The van der Waals surface area contributed by atoms with E-state index in [2.05, 4.69) is 31.5 Å². The molecule has 1 aromatic rings. The van der Waals surface area contributed by atoms with Crippen LogP contribution in [0.4, 0.5) is 17.8 Å². The molecule has 0 atom stereocenters. The van der Waals surface area contributed by atoms with E-state index in [1.54, 1.807) is 14.2 Å². The molecule has 0 bridgehead atoms. The van der Waals surface area contributed by atoms with E-state index in [1.165, 1.54) is 37.2 Å². The van der Waals surface area contributed by atoms with Gasteiger partial charge in [0.05, 0.1) is 13.7 Å². The molecule has 120 valence electrons. The van der Waals surface area contributed by atoms with Gasteiger partial charge in [0.1, 0.15) is 0 Å². The van der Waals surface area contributed by atoms with Gasteiger partial charge < -0.3 is 10.6 Å². The summed E-state index contributed by atoms with van der Waals surface area (Å²) in [6, 6.07) is 0. The van der Waals surface area contributed by atoms with Crippen molar-refractivity contribution in [3.63, 3.8) is 0 Å². The maximum atomic E-state index is 5.26. The van der Waals surface area contributed by atoms with E-state index >= 15 is 0 Å². The number of hydroxylamine groups is 1. The molecule has 0 aliphatic heterocycles. The molecule has 7 heteroatoms. The van der Waals surface area contributed by atoms with Gasteiger partial charge in [-0.3, -0.25) is 4.84 Å². The lowest BCUT2D eigenvalue weighted by molar-refractivity contribution is 0.180. The fourth-order valence-corrected chi connectivity index (χ4v) is 2.50. The summed E-state index contributed by atoms with van der Waals surface area (Å²) in [5.41, 5.74) is 0. The molecule has 1 aliphatic rings. The van der Waals surface area contributed by atoms with Crippen molar-refractivity contribution < 1.29 is 4.84 Å². The summed E-state index contributed by atoms with van der Waals surface area (Å²) in [5.74, 6) is 4.61. The minimum atomic E-state index is 0.363. The predicted molar refractivity (Wildman–Crippen MR) is 87.6 cm³/mol. The number of hydrogen-bond acceptors (Lipinski definition) is 7. The van der Waals surface area contributed by atoms with Crippen LogP contribution in [0.2, 0.25) is 0 Å². The molecule has 1 aromatic heterocycles. The van der Waals surface area contributed by atoms with Crippen molar-refractivity contribution >= 4 is 17.8 Å². The van der Waals surface area contributed by atoms with Crippen LogP contribution in [0.15, 0.2) is 0 Å². The van der Waals surface area contributed by atoms with Crippen LogP contribution in [-0.4, -0.2) is 42.2 Å². The van der Waals surface area contributed by atoms with Gasteiger partial charge in [-0.1, -0.05) is 25.2 Å². The van der Waals surface area contributed by atoms with Gasteiger partial charge in [0.15, 0.2) is 0 Å². The topological polar surface area (TPSA) is 75.2 Å². The van der Waals surface area contributed by atoms with Crippen LogP contribution < -0.4 is 15.7 Å². The molecule has 2 rings (SSSR count). The van der Waals surface area contributed by atoms with Gasteiger partial charge in [-0.25, -0.2) is 5.06 Å². The quantitative estimate of drug-likeness (QED) is 0.588. The van der Waals surface area contributed by atoms with Crippen LogP contribution >= 0.6 is 0 Å². The second-order valence-corrected chi connectivity index (χ2v) is 5.41. The van der Waals surface area contributed by atoms with E-state index in [9.17, 15) is 0 Å². The zero-order valence-electron chi connectivity index (χ0n) is 13.3. The number of rotatable bonds is 7. The molecular weight excluding hydrogens is 280 g/mol. The Labute approximate surface area is 131 Å². The Morgan fingerprint density at radius 1 is 1.18 bits per heavy atom. The highest BCUT2D eigenvalue weighted by molar-refractivity contribution is 5.42. The van der Waals surface area contributed by atoms with Crippen molar-refractivity contribution in [1.29, 1.82) is 0 Å². The molecule has 0 unspecified atom stereocenters. The highest BCUT2D eigenvalue weighted by atomic mass is 16.7. The van der Waals surface area contributed by atoms with Gasteiger partial charge in [0.2, 0.25) is 11.9 Å².